The maximum Gasteiger partial charge on any atom is 0.330 e. The Morgan fingerprint density at radius 1 is 0.826 bits per heavy atom. The molecule has 0 spiro atoms. The van der Waals surface area contributed by atoms with E-state index in [1.54, 1.807) is 36.4 Å². The Balaban J connectivity index is 1.21. The first-order chi connectivity index (χ1) is 22.2. The van der Waals surface area contributed by atoms with Crippen molar-refractivity contribution in [2.75, 3.05) is 4.31 Å². The van der Waals surface area contributed by atoms with E-state index in [0.29, 0.717) is 50.8 Å². The maximum atomic E-state index is 12.6. The molecule has 5 aromatic rings. The third-order valence-corrected chi connectivity index (χ3v) is 10.7. The summed E-state index contributed by atoms with van der Waals surface area (Å²) in [7, 11) is -3.95. The Morgan fingerprint density at radius 3 is 2.11 bits per heavy atom. The maximum absolute atomic E-state index is 12.6. The van der Waals surface area contributed by atoms with Gasteiger partial charge in [0, 0.05) is 23.9 Å². The monoisotopic (exact) mass is 670 g/mol. The van der Waals surface area contributed by atoms with E-state index in [0.717, 1.165) is 21.6 Å². The summed E-state index contributed by atoms with van der Waals surface area (Å²) in [5, 5.41) is 10.8. The molecular formula is C36H32Cl2N4O3S. The van der Waals surface area contributed by atoms with E-state index in [-0.39, 0.29) is 0 Å². The van der Waals surface area contributed by atoms with Crippen molar-refractivity contribution in [3.05, 3.63) is 136 Å². The van der Waals surface area contributed by atoms with Gasteiger partial charge in [0.15, 0.2) is 0 Å². The number of rotatable bonds is 7. The van der Waals surface area contributed by atoms with Crippen molar-refractivity contribution in [3.63, 3.8) is 0 Å². The lowest BCUT2D eigenvalue weighted by molar-refractivity contribution is 0.392. The van der Waals surface area contributed by atoms with Crippen molar-refractivity contribution in [2.24, 2.45) is 0 Å². The van der Waals surface area contributed by atoms with Gasteiger partial charge in [-0.15, -0.1) is 0 Å². The number of aromatic nitrogens is 2. The van der Waals surface area contributed by atoms with Crippen molar-refractivity contribution in [1.29, 1.82) is 0 Å². The summed E-state index contributed by atoms with van der Waals surface area (Å²) in [5.74, 6) is 0.946. The van der Waals surface area contributed by atoms with Gasteiger partial charge in [-0.25, -0.2) is 14.0 Å². The van der Waals surface area contributed by atoms with Crippen molar-refractivity contribution in [3.8, 4) is 28.1 Å². The summed E-state index contributed by atoms with van der Waals surface area (Å²) in [4.78, 5) is 4.97. The smallest absolute Gasteiger partial charge is 0.330 e. The van der Waals surface area contributed by atoms with Crippen LogP contribution in [0.1, 0.15) is 55.0 Å². The fourth-order valence-electron chi connectivity index (χ4n) is 6.39. The van der Waals surface area contributed by atoms with Crippen LogP contribution in [0.5, 0.6) is 0 Å². The van der Waals surface area contributed by atoms with E-state index in [4.69, 9.17) is 28.2 Å². The number of benzene rings is 4. The second-order valence-electron chi connectivity index (χ2n) is 11.8. The fraction of sp³-hybridized carbons (Fsp3) is 0.194. The molecule has 0 atom stereocenters. The fourth-order valence-corrected chi connectivity index (χ4v) is 8.03. The normalized spacial score (nSPS) is 16.3. The Bertz CT molecular complexity index is 2010. The van der Waals surface area contributed by atoms with Gasteiger partial charge in [-0.05, 0) is 71.3 Å². The zero-order valence-corrected chi connectivity index (χ0v) is 27.2. The standard InChI is InChI=1S/C36H32Cl2N4O3S/c37-31-10-5-11-32(38)36(31)33-22-41(29-8-4-9-30(21-29)42-23-35(43)40-46(42,44)45)34(39-33)20-24-12-14-26(15-13-24)28-18-16-27(17-19-28)25-6-2-1-3-7-25/h4-5,8-19,21-23,25,40,43H,1-3,6-7,20H2. The lowest BCUT2D eigenvalue weighted by Gasteiger charge is -2.22. The van der Waals surface area contributed by atoms with Gasteiger partial charge in [-0.3, -0.25) is 0 Å². The Kier molecular flexibility index (Phi) is 8.27. The molecule has 1 aromatic heterocycles. The second kappa shape index (κ2) is 12.5. The van der Waals surface area contributed by atoms with Crippen molar-refractivity contribution >= 4 is 39.1 Å². The predicted molar refractivity (Wildman–Crippen MR) is 185 cm³/mol. The zero-order valence-electron chi connectivity index (χ0n) is 24.9. The van der Waals surface area contributed by atoms with Crippen molar-refractivity contribution < 1.29 is 13.5 Å². The van der Waals surface area contributed by atoms with E-state index >= 15 is 0 Å². The van der Waals surface area contributed by atoms with E-state index in [1.165, 1.54) is 43.2 Å². The lowest BCUT2D eigenvalue weighted by atomic mass is 9.83. The third-order valence-electron chi connectivity index (χ3n) is 8.73. The molecule has 7 rings (SSSR count). The van der Waals surface area contributed by atoms with Crippen LogP contribution in [-0.4, -0.2) is 23.1 Å². The molecule has 0 radical (unpaired) electrons. The van der Waals surface area contributed by atoms with Crippen LogP contribution in [-0.2, 0) is 16.6 Å². The number of nitrogens with zero attached hydrogens (tertiary/aromatic N) is 3. The number of hydrogen-bond acceptors (Lipinski definition) is 4. The summed E-state index contributed by atoms with van der Waals surface area (Å²) in [6.45, 7) is 0. The molecule has 0 amide bonds. The quantitative estimate of drug-likeness (QED) is 0.181. The van der Waals surface area contributed by atoms with E-state index in [9.17, 15) is 13.5 Å². The number of nitrogens with one attached hydrogen (secondary N) is 1. The minimum absolute atomic E-state index is 0.352. The van der Waals surface area contributed by atoms with Crippen LogP contribution in [0, 0.1) is 0 Å². The summed E-state index contributed by atoms with van der Waals surface area (Å²) in [6.07, 6.45) is 10.1. The first kappa shape index (κ1) is 30.4. The average molecular weight is 672 g/mol. The van der Waals surface area contributed by atoms with Crippen molar-refractivity contribution in [2.45, 2.75) is 44.4 Å². The highest BCUT2D eigenvalue weighted by Crippen LogP contribution is 2.36. The van der Waals surface area contributed by atoms with Gasteiger partial charge in [0.1, 0.15) is 5.82 Å². The van der Waals surface area contributed by atoms with Crippen LogP contribution in [0.4, 0.5) is 5.69 Å². The Hall–Kier alpha value is -4.24. The van der Waals surface area contributed by atoms with Gasteiger partial charge in [-0.2, -0.15) is 8.42 Å². The number of aliphatic hydroxyl groups excluding tert-OH is 1. The highest BCUT2D eigenvalue weighted by molar-refractivity contribution is 7.91. The summed E-state index contributed by atoms with van der Waals surface area (Å²) in [5.41, 5.74) is 7.08. The number of halogens is 2. The van der Waals surface area contributed by atoms with Gasteiger partial charge < -0.3 is 9.67 Å². The molecule has 0 bridgehead atoms. The summed E-state index contributed by atoms with van der Waals surface area (Å²) in [6, 6.07) is 29.8. The zero-order chi connectivity index (χ0) is 31.8. The van der Waals surface area contributed by atoms with Crippen LogP contribution in [0.25, 0.3) is 28.1 Å². The van der Waals surface area contributed by atoms with E-state index < -0.39 is 16.1 Å². The van der Waals surface area contributed by atoms with Gasteiger partial charge in [0.2, 0.25) is 5.88 Å². The summed E-state index contributed by atoms with van der Waals surface area (Å²) < 4.78 is 30.1. The highest BCUT2D eigenvalue weighted by atomic mass is 35.5. The Labute approximate surface area is 278 Å². The van der Waals surface area contributed by atoms with E-state index in [1.807, 2.05) is 16.8 Å². The molecule has 2 heterocycles. The average Bonchev–Trinajstić information content (AvgIpc) is 3.60. The third kappa shape index (κ3) is 6.12. The molecule has 0 unspecified atom stereocenters. The van der Waals surface area contributed by atoms with Crippen molar-refractivity contribution in [1.82, 2.24) is 14.3 Å². The highest BCUT2D eigenvalue weighted by Gasteiger charge is 2.29. The molecule has 2 aliphatic rings. The van der Waals surface area contributed by atoms with Gasteiger partial charge in [0.05, 0.1) is 27.6 Å². The molecule has 7 nitrogen and oxygen atoms in total. The molecule has 234 valence electrons. The number of hydrogen-bond donors (Lipinski definition) is 2. The molecule has 0 saturated heterocycles. The minimum atomic E-state index is -3.95. The topological polar surface area (TPSA) is 87.5 Å². The number of aliphatic hydroxyl groups is 1. The summed E-state index contributed by atoms with van der Waals surface area (Å²) >= 11 is 13.1. The second-order valence-corrected chi connectivity index (χ2v) is 14.1. The number of imidazole rings is 1. The van der Waals surface area contributed by atoms with E-state index in [2.05, 4.69) is 53.3 Å². The lowest BCUT2D eigenvalue weighted by Crippen LogP contribution is -2.29. The Morgan fingerprint density at radius 2 is 1.46 bits per heavy atom. The number of anilines is 1. The molecule has 46 heavy (non-hydrogen) atoms. The molecule has 10 heteroatoms. The molecule has 1 fully saturated rings. The molecule has 2 N–H and O–H groups in total. The molecular weight excluding hydrogens is 639 g/mol. The van der Waals surface area contributed by atoms with Crippen LogP contribution in [0.3, 0.4) is 0 Å². The van der Waals surface area contributed by atoms with Gasteiger partial charge in [-0.1, -0.05) is 103 Å². The predicted octanol–water partition coefficient (Wildman–Crippen LogP) is 9.16. The molecule has 1 aliphatic heterocycles. The van der Waals surface area contributed by atoms with Crippen LogP contribution < -0.4 is 9.03 Å². The van der Waals surface area contributed by atoms with Crippen LogP contribution in [0.2, 0.25) is 10.0 Å². The molecule has 4 aromatic carbocycles. The first-order valence-corrected chi connectivity index (χ1v) is 17.5. The minimum Gasteiger partial charge on any atom is -0.493 e. The first-order valence-electron chi connectivity index (χ1n) is 15.3. The van der Waals surface area contributed by atoms with Crippen LogP contribution in [0.15, 0.2) is 109 Å². The van der Waals surface area contributed by atoms with Crippen LogP contribution >= 0.6 is 23.2 Å². The SMILES string of the molecule is O=S1(=O)NC(O)=CN1c1cccc(-n2cc(-c3c(Cl)cccc3Cl)nc2Cc2ccc(-c3ccc(C4CCCCC4)cc3)cc2)c1. The molecule has 1 aliphatic carbocycles. The largest absolute Gasteiger partial charge is 0.493 e. The van der Waals surface area contributed by atoms with Gasteiger partial charge in [0.25, 0.3) is 0 Å². The molecule has 1 saturated carbocycles. The van der Waals surface area contributed by atoms with Gasteiger partial charge >= 0.3 is 10.2 Å².